The molecule has 2 aliphatic rings. The van der Waals surface area contributed by atoms with Crippen molar-refractivity contribution in [3.8, 4) is 0 Å². The average Bonchev–Trinajstić information content (AvgIpc) is 3.13. The molecule has 5 unspecified atom stereocenters. The lowest BCUT2D eigenvalue weighted by Gasteiger charge is -2.37. The van der Waals surface area contributed by atoms with Gasteiger partial charge in [0, 0.05) is 0 Å². The van der Waals surface area contributed by atoms with E-state index in [9.17, 15) is 13.8 Å². The number of rotatable bonds is 8. The van der Waals surface area contributed by atoms with Crippen LogP contribution in [0.3, 0.4) is 0 Å². The predicted molar refractivity (Wildman–Crippen MR) is 92.3 cm³/mol. The summed E-state index contributed by atoms with van der Waals surface area (Å²) in [5.74, 6) is -0.195. The highest BCUT2D eigenvalue weighted by molar-refractivity contribution is 7.74. The molecule has 0 spiro atoms. The summed E-state index contributed by atoms with van der Waals surface area (Å²) in [4.78, 5) is 23.8. The fraction of sp³-hybridized carbons (Fsp3) is 0.882. The monoisotopic (exact) mass is 392 g/mol. The van der Waals surface area contributed by atoms with Gasteiger partial charge in [0.25, 0.3) is 0 Å². The molecule has 8 nitrogen and oxygen atoms in total. The Morgan fingerprint density at radius 2 is 1.88 bits per heavy atom. The molecule has 0 aromatic carbocycles. The van der Waals surface area contributed by atoms with Gasteiger partial charge in [0.15, 0.2) is 0 Å². The fourth-order valence-electron chi connectivity index (χ4n) is 3.73. The highest BCUT2D eigenvalue weighted by Crippen LogP contribution is 2.54. The molecule has 1 N–H and O–H groups in total. The molecule has 2 fully saturated rings. The third-order valence-electron chi connectivity index (χ3n) is 5.72. The zero-order valence-electron chi connectivity index (χ0n) is 15.7. The number of ether oxygens (including phenoxy) is 3. The smallest absolute Gasteiger partial charge is 0.462 e. The normalized spacial score (nSPS) is 31.5. The maximum atomic E-state index is 12.0. The van der Waals surface area contributed by atoms with Gasteiger partial charge in [-0.25, -0.2) is 4.79 Å². The van der Waals surface area contributed by atoms with Crippen molar-refractivity contribution in [2.75, 3.05) is 13.2 Å². The molecule has 0 aromatic heterocycles. The quantitative estimate of drug-likeness (QED) is 0.382. The molecule has 0 aliphatic heterocycles. The molecule has 0 heterocycles. The van der Waals surface area contributed by atoms with Crippen LogP contribution in [0.4, 0.5) is 4.79 Å². The van der Waals surface area contributed by atoms with E-state index in [0.717, 1.165) is 19.3 Å². The van der Waals surface area contributed by atoms with Crippen molar-refractivity contribution >= 4 is 23.5 Å². The largest absolute Gasteiger partial charge is 0.508 e. The van der Waals surface area contributed by atoms with Gasteiger partial charge < -0.3 is 14.2 Å². The Morgan fingerprint density at radius 1 is 1.23 bits per heavy atom. The van der Waals surface area contributed by atoms with E-state index < -0.39 is 34.6 Å². The van der Waals surface area contributed by atoms with Crippen molar-refractivity contribution in [3.63, 3.8) is 0 Å². The molecular formula is C17H28O8S. The number of fused-ring (bicyclic) bond motifs is 2. The van der Waals surface area contributed by atoms with Crippen molar-refractivity contribution in [1.29, 1.82) is 0 Å². The number of carbonyl (C=O) groups is 2. The van der Waals surface area contributed by atoms with E-state index in [0.29, 0.717) is 6.42 Å². The van der Waals surface area contributed by atoms with Gasteiger partial charge >= 0.3 is 23.5 Å². The maximum absolute atomic E-state index is 12.0. The summed E-state index contributed by atoms with van der Waals surface area (Å²) < 4.78 is 40.8. The highest BCUT2D eigenvalue weighted by Gasteiger charge is 2.60. The van der Waals surface area contributed by atoms with E-state index in [1.807, 2.05) is 6.92 Å². The van der Waals surface area contributed by atoms with Crippen molar-refractivity contribution in [3.05, 3.63) is 0 Å². The fourth-order valence-corrected chi connectivity index (χ4v) is 4.27. The van der Waals surface area contributed by atoms with Crippen LogP contribution in [0.25, 0.3) is 0 Å². The van der Waals surface area contributed by atoms with Gasteiger partial charge in [0.1, 0.15) is 24.9 Å². The number of hydrogen-bond acceptors (Lipinski definition) is 7. The Kier molecular flexibility index (Phi) is 6.68. The van der Waals surface area contributed by atoms with Crippen LogP contribution in [0, 0.1) is 17.3 Å². The first-order valence-electron chi connectivity index (χ1n) is 8.91. The summed E-state index contributed by atoms with van der Waals surface area (Å²) in [6.45, 7) is 6.98. The Bertz CT molecular complexity index is 563. The average molecular weight is 392 g/mol. The Hall–Kier alpha value is -1.19. The Balaban J connectivity index is 1.80. The Morgan fingerprint density at radius 3 is 2.50 bits per heavy atom. The van der Waals surface area contributed by atoms with Gasteiger partial charge in [0.05, 0.1) is 5.41 Å². The van der Waals surface area contributed by atoms with Gasteiger partial charge in [0.2, 0.25) is 0 Å². The van der Waals surface area contributed by atoms with Crippen LogP contribution in [0.5, 0.6) is 0 Å². The highest BCUT2D eigenvalue weighted by atomic mass is 32.2. The number of hydrogen-bond donors (Lipinski definition) is 1. The van der Waals surface area contributed by atoms with Crippen molar-refractivity contribution in [2.45, 2.75) is 65.1 Å². The van der Waals surface area contributed by atoms with Crippen molar-refractivity contribution in [1.82, 2.24) is 0 Å². The molecule has 0 aromatic rings. The maximum Gasteiger partial charge on any atom is 0.508 e. The second-order valence-corrected chi connectivity index (χ2v) is 8.37. The van der Waals surface area contributed by atoms with Crippen LogP contribution in [0.15, 0.2) is 0 Å². The topological polar surface area (TPSA) is 108 Å². The summed E-state index contributed by atoms with van der Waals surface area (Å²) in [5, 5.41) is 0. The van der Waals surface area contributed by atoms with E-state index in [1.165, 1.54) is 0 Å². The molecule has 5 atom stereocenters. The van der Waals surface area contributed by atoms with Gasteiger partial charge in [-0.1, -0.05) is 6.92 Å². The summed E-state index contributed by atoms with van der Waals surface area (Å²) in [6.07, 6.45) is 1.65. The second kappa shape index (κ2) is 8.22. The lowest BCUT2D eigenvalue weighted by atomic mass is 9.83. The molecule has 9 heteroatoms. The third-order valence-corrected chi connectivity index (χ3v) is 6.23. The lowest BCUT2D eigenvalue weighted by Crippen LogP contribution is -2.49. The van der Waals surface area contributed by atoms with E-state index >= 15 is 0 Å². The van der Waals surface area contributed by atoms with Crippen LogP contribution < -0.4 is 0 Å². The predicted octanol–water partition coefficient (Wildman–Crippen LogP) is 2.83. The molecule has 0 radical (unpaired) electrons. The lowest BCUT2D eigenvalue weighted by molar-refractivity contribution is -0.155. The van der Waals surface area contributed by atoms with E-state index in [1.54, 1.807) is 20.8 Å². The van der Waals surface area contributed by atoms with Crippen molar-refractivity contribution in [2.24, 2.45) is 17.3 Å². The molecule has 0 saturated heterocycles. The summed E-state index contributed by atoms with van der Waals surface area (Å²) in [6, 6.07) is 0. The van der Waals surface area contributed by atoms with Crippen molar-refractivity contribution < 1.29 is 36.7 Å². The standard InChI is InChI=1S/C17H28O8S/c1-5-16(2,3)14(18)22-8-9-23-15(19)24-13-11-6-7-12(10-11)17(13,4)25-26(20)21/h11-13H,5-10H2,1-4H3,(H,20,21). The van der Waals surface area contributed by atoms with Crippen LogP contribution in [-0.4, -0.2) is 45.8 Å². The molecular weight excluding hydrogens is 364 g/mol. The SMILES string of the molecule is CCC(C)(C)C(=O)OCCOC(=O)OC1C2CCC(C2)C1(C)OS(=O)O. The van der Waals surface area contributed by atoms with Gasteiger partial charge in [-0.15, -0.1) is 0 Å². The Labute approximate surface area is 156 Å². The van der Waals surface area contributed by atoms with Crippen LogP contribution >= 0.6 is 0 Å². The molecule has 26 heavy (non-hydrogen) atoms. The second-order valence-electron chi connectivity index (χ2n) is 7.76. The minimum Gasteiger partial charge on any atom is -0.462 e. The molecule has 2 saturated carbocycles. The summed E-state index contributed by atoms with van der Waals surface area (Å²) in [7, 11) is 0. The molecule has 2 aliphatic carbocycles. The van der Waals surface area contributed by atoms with Gasteiger partial charge in [-0.3, -0.25) is 13.5 Å². The van der Waals surface area contributed by atoms with Crippen LogP contribution in [-0.2, 0) is 34.5 Å². The van der Waals surface area contributed by atoms with Crippen LogP contribution in [0.2, 0.25) is 0 Å². The third kappa shape index (κ3) is 4.55. The zero-order chi connectivity index (χ0) is 19.5. The van der Waals surface area contributed by atoms with Gasteiger partial charge in [-0.05, 0) is 58.3 Å². The van der Waals surface area contributed by atoms with E-state index in [-0.39, 0.29) is 31.0 Å². The minimum atomic E-state index is -2.44. The van der Waals surface area contributed by atoms with Gasteiger partial charge in [-0.2, -0.15) is 4.21 Å². The first-order valence-corrected chi connectivity index (χ1v) is 9.94. The van der Waals surface area contributed by atoms with E-state index in [4.69, 9.17) is 22.9 Å². The van der Waals surface area contributed by atoms with E-state index in [2.05, 4.69) is 0 Å². The summed E-state index contributed by atoms with van der Waals surface area (Å²) >= 11 is -2.44. The first kappa shape index (κ1) is 21.1. The molecule has 150 valence electrons. The molecule has 0 amide bonds. The minimum absolute atomic E-state index is 0.0531. The number of esters is 1. The number of carbonyl (C=O) groups excluding carboxylic acids is 2. The zero-order valence-corrected chi connectivity index (χ0v) is 16.5. The first-order chi connectivity index (χ1) is 12.1. The molecule has 2 bridgehead atoms. The molecule has 2 rings (SSSR count). The summed E-state index contributed by atoms with van der Waals surface area (Å²) in [5.41, 5.74) is -1.58. The van der Waals surface area contributed by atoms with Crippen LogP contribution in [0.1, 0.15) is 53.4 Å².